The first kappa shape index (κ1) is 14.6. The lowest BCUT2D eigenvalue weighted by molar-refractivity contribution is 0.581. The molecule has 0 aliphatic heterocycles. The quantitative estimate of drug-likeness (QED) is 0.860. The van der Waals surface area contributed by atoms with Gasteiger partial charge in [-0.05, 0) is 52.2 Å². The molecule has 0 spiro atoms. The van der Waals surface area contributed by atoms with Crippen LogP contribution in [0, 0.1) is 0 Å². The average Bonchev–Trinajstić information content (AvgIpc) is 2.82. The van der Waals surface area contributed by atoms with Crippen LogP contribution in [0.15, 0.2) is 40.4 Å². The van der Waals surface area contributed by atoms with E-state index in [-0.39, 0.29) is 5.75 Å². The molecule has 2 aromatic heterocycles. The summed E-state index contributed by atoms with van der Waals surface area (Å²) in [7, 11) is -3.25. The first-order chi connectivity index (χ1) is 9.05. The third-order valence-electron chi connectivity index (χ3n) is 2.50. The van der Waals surface area contributed by atoms with E-state index in [1.807, 2.05) is 24.3 Å². The van der Waals surface area contributed by atoms with Crippen molar-refractivity contribution in [2.24, 2.45) is 0 Å². The van der Waals surface area contributed by atoms with Gasteiger partial charge in [0.1, 0.15) is 0 Å². The van der Waals surface area contributed by atoms with Crippen molar-refractivity contribution in [2.75, 3.05) is 5.75 Å². The molecular formula is C12H13BrN2O2S2. The number of aryl methyl sites for hydroxylation is 1. The highest BCUT2D eigenvalue weighted by atomic mass is 79.9. The molecule has 0 aromatic carbocycles. The fourth-order valence-electron chi connectivity index (χ4n) is 1.50. The molecule has 0 bridgehead atoms. The molecule has 4 nitrogen and oxygen atoms in total. The molecule has 0 unspecified atom stereocenters. The van der Waals surface area contributed by atoms with E-state index < -0.39 is 10.0 Å². The van der Waals surface area contributed by atoms with Crippen molar-refractivity contribution >= 4 is 37.3 Å². The van der Waals surface area contributed by atoms with Crippen molar-refractivity contribution < 1.29 is 8.42 Å². The number of sulfonamides is 1. The van der Waals surface area contributed by atoms with Gasteiger partial charge < -0.3 is 0 Å². The van der Waals surface area contributed by atoms with Crippen LogP contribution < -0.4 is 4.72 Å². The molecule has 102 valence electrons. The monoisotopic (exact) mass is 360 g/mol. The van der Waals surface area contributed by atoms with Gasteiger partial charge in [0.15, 0.2) is 0 Å². The molecular weight excluding hydrogens is 348 g/mol. The molecule has 19 heavy (non-hydrogen) atoms. The van der Waals surface area contributed by atoms with Crippen LogP contribution in [-0.2, 0) is 23.0 Å². The van der Waals surface area contributed by atoms with E-state index in [0.29, 0.717) is 13.0 Å². The van der Waals surface area contributed by atoms with Crippen LogP contribution in [0.4, 0.5) is 0 Å². The summed E-state index contributed by atoms with van der Waals surface area (Å²) in [6.07, 6.45) is 3.82. The van der Waals surface area contributed by atoms with E-state index in [9.17, 15) is 8.42 Å². The Morgan fingerprint density at radius 3 is 2.58 bits per heavy atom. The zero-order valence-electron chi connectivity index (χ0n) is 10.0. The lowest BCUT2D eigenvalue weighted by Crippen LogP contribution is -2.26. The van der Waals surface area contributed by atoms with Crippen molar-refractivity contribution in [1.29, 1.82) is 0 Å². The number of hydrogen-bond donors (Lipinski definition) is 1. The van der Waals surface area contributed by atoms with E-state index in [1.54, 1.807) is 12.4 Å². The van der Waals surface area contributed by atoms with E-state index in [1.165, 1.54) is 11.3 Å². The molecule has 2 heterocycles. The van der Waals surface area contributed by atoms with Crippen molar-refractivity contribution in [3.8, 4) is 0 Å². The van der Waals surface area contributed by atoms with Gasteiger partial charge >= 0.3 is 0 Å². The summed E-state index contributed by atoms with van der Waals surface area (Å²) in [6, 6.07) is 7.46. The fraction of sp³-hybridized carbons (Fsp3) is 0.250. The second-order valence-electron chi connectivity index (χ2n) is 3.95. The number of nitrogens with zero attached hydrogens (tertiary/aromatic N) is 1. The normalized spacial score (nSPS) is 11.6. The first-order valence-corrected chi connectivity index (χ1v) is 8.92. The predicted molar refractivity (Wildman–Crippen MR) is 80.6 cm³/mol. The number of aromatic nitrogens is 1. The molecule has 1 N–H and O–H groups in total. The molecule has 0 saturated carbocycles. The SMILES string of the molecule is O=S(=O)(CCc1ccncc1)NCc1ccc(Br)s1. The van der Waals surface area contributed by atoms with E-state index in [4.69, 9.17) is 0 Å². The second-order valence-corrected chi connectivity index (χ2v) is 8.43. The van der Waals surface area contributed by atoms with Crippen LogP contribution in [0.3, 0.4) is 0 Å². The average molecular weight is 361 g/mol. The van der Waals surface area contributed by atoms with Gasteiger partial charge in [0.05, 0.1) is 9.54 Å². The van der Waals surface area contributed by atoms with Crippen molar-refractivity contribution in [3.63, 3.8) is 0 Å². The zero-order chi connectivity index (χ0) is 13.7. The molecule has 0 atom stereocenters. The van der Waals surface area contributed by atoms with Crippen molar-refractivity contribution in [2.45, 2.75) is 13.0 Å². The highest BCUT2D eigenvalue weighted by Crippen LogP contribution is 2.21. The van der Waals surface area contributed by atoms with Crippen LogP contribution in [-0.4, -0.2) is 19.2 Å². The second kappa shape index (κ2) is 6.60. The number of nitrogens with one attached hydrogen (secondary N) is 1. The minimum atomic E-state index is -3.25. The van der Waals surface area contributed by atoms with Crippen LogP contribution >= 0.6 is 27.3 Å². The number of thiophene rings is 1. The minimum absolute atomic E-state index is 0.0869. The Balaban J connectivity index is 1.85. The Morgan fingerprint density at radius 2 is 1.95 bits per heavy atom. The Kier molecular flexibility index (Phi) is 5.09. The number of pyridine rings is 1. The van der Waals surface area contributed by atoms with Gasteiger partial charge in [0.2, 0.25) is 10.0 Å². The molecule has 0 saturated heterocycles. The van der Waals surface area contributed by atoms with Crippen LogP contribution in [0.25, 0.3) is 0 Å². The van der Waals surface area contributed by atoms with Gasteiger partial charge in [-0.15, -0.1) is 11.3 Å². The summed E-state index contributed by atoms with van der Waals surface area (Å²) < 4.78 is 27.3. The van der Waals surface area contributed by atoms with Crippen molar-refractivity contribution in [3.05, 3.63) is 50.9 Å². The summed E-state index contributed by atoms with van der Waals surface area (Å²) in [5.41, 5.74) is 0.972. The van der Waals surface area contributed by atoms with Crippen LogP contribution in [0.5, 0.6) is 0 Å². The van der Waals surface area contributed by atoms with Gasteiger partial charge in [-0.1, -0.05) is 0 Å². The Morgan fingerprint density at radius 1 is 1.21 bits per heavy atom. The van der Waals surface area contributed by atoms with Gasteiger partial charge in [0, 0.05) is 23.8 Å². The summed E-state index contributed by atoms with van der Waals surface area (Å²) in [4.78, 5) is 4.89. The molecule has 7 heteroatoms. The van der Waals surface area contributed by atoms with Crippen LogP contribution in [0.1, 0.15) is 10.4 Å². The highest BCUT2D eigenvalue weighted by molar-refractivity contribution is 9.11. The summed E-state index contributed by atoms with van der Waals surface area (Å²) in [5.74, 6) is 0.0869. The summed E-state index contributed by atoms with van der Waals surface area (Å²) in [5, 5.41) is 0. The third-order valence-corrected chi connectivity index (χ3v) is 5.45. The number of rotatable bonds is 6. The Labute approximate surface area is 125 Å². The van der Waals surface area contributed by atoms with Gasteiger partial charge in [-0.25, -0.2) is 13.1 Å². The first-order valence-electron chi connectivity index (χ1n) is 5.66. The smallest absolute Gasteiger partial charge is 0.212 e. The fourth-order valence-corrected chi connectivity index (χ4v) is 4.04. The standard InChI is InChI=1S/C12H13BrN2O2S2/c13-12-2-1-11(18-12)9-15-19(16,17)8-5-10-3-6-14-7-4-10/h1-4,6-7,15H,5,8-9H2. The topological polar surface area (TPSA) is 59.1 Å². The minimum Gasteiger partial charge on any atom is -0.265 e. The number of halogens is 1. The summed E-state index contributed by atoms with van der Waals surface area (Å²) in [6.45, 7) is 0.342. The lowest BCUT2D eigenvalue weighted by Gasteiger charge is -2.05. The largest absolute Gasteiger partial charge is 0.265 e. The molecule has 0 fully saturated rings. The molecule has 0 amide bonds. The predicted octanol–water partition coefficient (Wildman–Crippen LogP) is 2.57. The van der Waals surface area contributed by atoms with E-state index in [0.717, 1.165) is 14.2 Å². The summed E-state index contributed by atoms with van der Waals surface area (Å²) >= 11 is 4.87. The molecule has 0 aliphatic carbocycles. The van der Waals surface area contributed by atoms with Crippen molar-refractivity contribution in [1.82, 2.24) is 9.71 Å². The van der Waals surface area contributed by atoms with Gasteiger partial charge in [-0.2, -0.15) is 0 Å². The Hall–Kier alpha value is -0.760. The zero-order valence-corrected chi connectivity index (χ0v) is 13.3. The maximum atomic E-state index is 11.9. The highest BCUT2D eigenvalue weighted by Gasteiger charge is 2.10. The lowest BCUT2D eigenvalue weighted by atomic mass is 10.2. The van der Waals surface area contributed by atoms with Gasteiger partial charge in [-0.3, -0.25) is 4.98 Å². The van der Waals surface area contributed by atoms with Crippen LogP contribution in [0.2, 0.25) is 0 Å². The molecule has 0 aliphatic rings. The number of hydrogen-bond acceptors (Lipinski definition) is 4. The molecule has 0 radical (unpaired) electrons. The molecule has 2 aromatic rings. The third kappa shape index (κ3) is 5.02. The van der Waals surface area contributed by atoms with E-state index >= 15 is 0 Å². The van der Waals surface area contributed by atoms with E-state index in [2.05, 4.69) is 25.6 Å². The maximum absolute atomic E-state index is 11.9. The van der Waals surface area contributed by atoms with Gasteiger partial charge in [0.25, 0.3) is 0 Å². The maximum Gasteiger partial charge on any atom is 0.212 e. The Bertz CT molecular complexity index is 626. The molecule has 2 rings (SSSR count).